The molecule has 0 bridgehead atoms. The zero-order valence-corrected chi connectivity index (χ0v) is 13.1. The van der Waals surface area contributed by atoms with Crippen LogP contribution in [0, 0.1) is 0 Å². The van der Waals surface area contributed by atoms with Gasteiger partial charge in [0.2, 0.25) is 11.8 Å². The van der Waals surface area contributed by atoms with Gasteiger partial charge in [-0.1, -0.05) is 30.3 Å². The van der Waals surface area contributed by atoms with Crippen molar-refractivity contribution in [2.24, 2.45) is 0 Å². The molecule has 1 fully saturated rings. The average molecular weight is 334 g/mol. The van der Waals surface area contributed by atoms with Gasteiger partial charge in [-0.05, 0) is 18.9 Å². The van der Waals surface area contributed by atoms with E-state index >= 15 is 0 Å². The van der Waals surface area contributed by atoms with Gasteiger partial charge in [-0.15, -0.1) is 0 Å². The molecule has 0 aromatic heterocycles. The van der Waals surface area contributed by atoms with Crippen LogP contribution in [0.15, 0.2) is 30.3 Å². The van der Waals surface area contributed by atoms with Crippen LogP contribution >= 0.6 is 0 Å². The first-order chi connectivity index (χ1) is 11.4. The van der Waals surface area contributed by atoms with Crippen molar-refractivity contribution in [2.75, 3.05) is 0 Å². The number of imide groups is 1. The lowest BCUT2D eigenvalue weighted by Crippen LogP contribution is -2.51. The Labute approximate surface area is 138 Å². The monoisotopic (exact) mass is 334 g/mol. The van der Waals surface area contributed by atoms with Crippen LogP contribution in [-0.4, -0.2) is 46.0 Å². The van der Waals surface area contributed by atoms with Crippen molar-refractivity contribution >= 4 is 23.9 Å². The van der Waals surface area contributed by atoms with Gasteiger partial charge in [-0.25, -0.2) is 9.69 Å². The van der Waals surface area contributed by atoms with Gasteiger partial charge in [-0.2, -0.15) is 0 Å². The van der Waals surface area contributed by atoms with Gasteiger partial charge in [0, 0.05) is 6.42 Å². The van der Waals surface area contributed by atoms with Crippen LogP contribution in [0.4, 0.5) is 4.79 Å². The van der Waals surface area contributed by atoms with Crippen LogP contribution in [0.2, 0.25) is 0 Å². The summed E-state index contributed by atoms with van der Waals surface area (Å²) in [6, 6.07) is 6.74. The van der Waals surface area contributed by atoms with Crippen LogP contribution in [0.5, 0.6) is 0 Å². The third kappa shape index (κ3) is 4.09. The second-order valence-corrected chi connectivity index (χ2v) is 5.43. The quantitative estimate of drug-likeness (QED) is 0.827. The van der Waals surface area contributed by atoms with Crippen molar-refractivity contribution in [1.29, 1.82) is 0 Å². The zero-order valence-electron chi connectivity index (χ0n) is 13.1. The van der Waals surface area contributed by atoms with Crippen molar-refractivity contribution in [1.82, 2.24) is 10.2 Å². The summed E-state index contributed by atoms with van der Waals surface area (Å²) in [6.07, 6.45) is -0.748. The Kier molecular flexibility index (Phi) is 5.51. The molecule has 1 aliphatic heterocycles. The minimum atomic E-state index is -1.20. The van der Waals surface area contributed by atoms with Gasteiger partial charge in [0.25, 0.3) is 0 Å². The predicted molar refractivity (Wildman–Crippen MR) is 81.7 cm³/mol. The summed E-state index contributed by atoms with van der Waals surface area (Å²) in [6.45, 7) is 1.28. The second-order valence-electron chi connectivity index (χ2n) is 5.43. The highest BCUT2D eigenvalue weighted by atomic mass is 16.6. The lowest BCUT2D eigenvalue weighted by atomic mass is 10.2. The van der Waals surface area contributed by atoms with E-state index in [4.69, 9.17) is 9.84 Å². The van der Waals surface area contributed by atoms with Crippen LogP contribution in [0.1, 0.15) is 25.3 Å². The fraction of sp³-hybridized carbons (Fsp3) is 0.375. The van der Waals surface area contributed by atoms with Crippen molar-refractivity contribution in [2.45, 2.75) is 38.5 Å². The smallest absolute Gasteiger partial charge is 0.417 e. The van der Waals surface area contributed by atoms with Crippen molar-refractivity contribution in [3.63, 3.8) is 0 Å². The summed E-state index contributed by atoms with van der Waals surface area (Å²) < 4.78 is 5.09. The molecule has 2 atom stereocenters. The molecule has 8 heteroatoms. The Bertz CT molecular complexity index is 645. The van der Waals surface area contributed by atoms with Crippen molar-refractivity contribution < 1.29 is 29.0 Å². The molecule has 0 aliphatic carbocycles. The lowest BCUT2D eigenvalue weighted by molar-refractivity contribution is -0.142. The lowest BCUT2D eigenvalue weighted by Gasteiger charge is -2.22. The Morgan fingerprint density at radius 1 is 1.33 bits per heavy atom. The Balaban J connectivity index is 2.00. The summed E-state index contributed by atoms with van der Waals surface area (Å²) in [4.78, 5) is 47.7. The van der Waals surface area contributed by atoms with Gasteiger partial charge in [0.15, 0.2) is 0 Å². The molecule has 1 saturated heterocycles. The molecule has 3 amide bonds. The predicted octanol–water partition coefficient (Wildman–Crippen LogP) is 0.903. The van der Waals surface area contributed by atoms with Gasteiger partial charge < -0.3 is 15.2 Å². The first-order valence-corrected chi connectivity index (χ1v) is 7.46. The normalized spacial score (nSPS) is 18.1. The molecule has 1 aromatic rings. The summed E-state index contributed by atoms with van der Waals surface area (Å²) in [5.74, 6) is -2.41. The van der Waals surface area contributed by atoms with Gasteiger partial charge in [0.1, 0.15) is 18.7 Å². The number of benzene rings is 1. The highest BCUT2D eigenvalue weighted by Gasteiger charge is 2.41. The van der Waals surface area contributed by atoms with Crippen molar-refractivity contribution in [3.05, 3.63) is 35.9 Å². The first-order valence-electron chi connectivity index (χ1n) is 7.46. The van der Waals surface area contributed by atoms with Gasteiger partial charge in [-0.3, -0.25) is 14.4 Å². The summed E-state index contributed by atoms with van der Waals surface area (Å²) in [7, 11) is 0. The number of ether oxygens (including phenoxy) is 1. The molecule has 1 aliphatic rings. The summed E-state index contributed by atoms with van der Waals surface area (Å²) in [5.41, 5.74) is 0.748. The van der Waals surface area contributed by atoms with Crippen LogP contribution in [-0.2, 0) is 25.7 Å². The minimum absolute atomic E-state index is 0.0245. The molecular weight excluding hydrogens is 316 g/mol. The Morgan fingerprint density at radius 2 is 2.00 bits per heavy atom. The topological polar surface area (TPSA) is 113 Å². The molecule has 2 rings (SSSR count). The summed E-state index contributed by atoms with van der Waals surface area (Å²) >= 11 is 0. The number of carboxylic acid groups (broad SMARTS) is 1. The minimum Gasteiger partial charge on any atom is -0.480 e. The number of nitrogens with zero attached hydrogens (tertiary/aromatic N) is 1. The maximum Gasteiger partial charge on any atom is 0.417 e. The number of carbonyl (C=O) groups excluding carboxylic acids is 3. The second kappa shape index (κ2) is 7.58. The number of carbonyl (C=O) groups is 4. The molecule has 8 nitrogen and oxygen atoms in total. The fourth-order valence-electron chi connectivity index (χ4n) is 2.32. The van der Waals surface area contributed by atoms with E-state index in [1.807, 2.05) is 6.07 Å². The number of amides is 3. The van der Waals surface area contributed by atoms with Crippen LogP contribution < -0.4 is 5.32 Å². The number of carboxylic acids is 1. The third-order valence-electron chi connectivity index (χ3n) is 3.65. The maximum atomic E-state index is 12.2. The molecule has 0 radical (unpaired) electrons. The largest absolute Gasteiger partial charge is 0.480 e. The number of nitrogens with one attached hydrogen (secondary N) is 1. The molecule has 1 heterocycles. The molecule has 1 aromatic carbocycles. The van der Waals surface area contributed by atoms with Crippen LogP contribution in [0.25, 0.3) is 0 Å². The standard InChI is InChI=1S/C16H18N2O6/c1-10(15(21)22)17-14(20)12-7-8-13(19)18(12)16(23)24-9-11-5-3-2-4-6-11/h2-6,10,12H,7-9H2,1H3,(H,17,20)(H,21,22)/t10-,12-/m0/s1. The molecule has 128 valence electrons. The SMILES string of the molecule is C[C@H](NC(=O)[C@@H]1CCC(=O)N1C(=O)OCc1ccccc1)C(=O)O. The number of rotatable bonds is 5. The van der Waals surface area contributed by atoms with E-state index in [2.05, 4.69) is 5.32 Å². The highest BCUT2D eigenvalue weighted by Crippen LogP contribution is 2.20. The van der Waals surface area contributed by atoms with Gasteiger partial charge in [0.05, 0.1) is 0 Å². The Hall–Kier alpha value is -2.90. The molecule has 24 heavy (non-hydrogen) atoms. The molecule has 0 saturated carbocycles. The fourth-order valence-corrected chi connectivity index (χ4v) is 2.32. The van der Waals surface area contributed by atoms with Crippen LogP contribution in [0.3, 0.4) is 0 Å². The number of aliphatic carboxylic acids is 1. The molecule has 0 spiro atoms. The highest BCUT2D eigenvalue weighted by molar-refractivity contribution is 6.01. The van der Waals surface area contributed by atoms with E-state index in [1.54, 1.807) is 24.3 Å². The van der Waals surface area contributed by atoms with E-state index in [0.717, 1.165) is 10.5 Å². The first kappa shape index (κ1) is 17.5. The van der Waals surface area contributed by atoms with E-state index in [9.17, 15) is 19.2 Å². The zero-order chi connectivity index (χ0) is 17.7. The number of likely N-dealkylation sites (tertiary alicyclic amines) is 1. The Morgan fingerprint density at radius 3 is 2.62 bits per heavy atom. The molecular formula is C16H18N2O6. The molecule has 2 N–H and O–H groups in total. The maximum absolute atomic E-state index is 12.2. The van der Waals surface area contributed by atoms with Gasteiger partial charge >= 0.3 is 12.1 Å². The number of hydrogen-bond donors (Lipinski definition) is 2. The third-order valence-corrected chi connectivity index (χ3v) is 3.65. The van der Waals surface area contributed by atoms with E-state index in [-0.39, 0.29) is 19.4 Å². The van der Waals surface area contributed by atoms with E-state index in [0.29, 0.717) is 0 Å². The summed E-state index contributed by atoms with van der Waals surface area (Å²) in [5, 5.41) is 11.1. The van der Waals surface area contributed by atoms with E-state index in [1.165, 1.54) is 6.92 Å². The van der Waals surface area contributed by atoms with Crippen molar-refractivity contribution in [3.8, 4) is 0 Å². The number of hydrogen-bond acceptors (Lipinski definition) is 5. The average Bonchev–Trinajstić information content (AvgIpc) is 2.95. The van der Waals surface area contributed by atoms with E-state index < -0.39 is 36.0 Å². The molecule has 0 unspecified atom stereocenters.